The van der Waals surface area contributed by atoms with E-state index in [1.54, 1.807) is 6.21 Å². The number of pyridine rings is 1. The first-order valence-electron chi connectivity index (χ1n) is 7.26. The number of hydrogen-bond acceptors (Lipinski definition) is 3. The highest BCUT2D eigenvalue weighted by Gasteiger charge is 2.16. The van der Waals surface area contributed by atoms with Gasteiger partial charge in [-0.25, -0.2) is 4.98 Å². The third-order valence-corrected chi connectivity index (χ3v) is 3.92. The minimum atomic E-state index is -0.0772. The number of nitrogens with two attached hydrogens (primary N) is 1. The third kappa shape index (κ3) is 2.17. The third-order valence-electron chi connectivity index (χ3n) is 3.92. The van der Waals surface area contributed by atoms with Crippen LogP contribution in [-0.4, -0.2) is 11.2 Å². The molecule has 0 spiro atoms. The van der Waals surface area contributed by atoms with Gasteiger partial charge in [-0.3, -0.25) is 4.99 Å². The molecular weight excluding hydrogens is 270 g/mol. The van der Waals surface area contributed by atoms with Crippen molar-refractivity contribution in [3.05, 3.63) is 78.0 Å². The van der Waals surface area contributed by atoms with Crippen molar-refractivity contribution in [2.24, 2.45) is 10.7 Å². The molecule has 1 unspecified atom stereocenters. The normalized spacial score (nSPS) is 16.9. The van der Waals surface area contributed by atoms with Gasteiger partial charge in [-0.1, -0.05) is 48.5 Å². The molecule has 1 aromatic heterocycles. The van der Waals surface area contributed by atoms with Crippen LogP contribution in [0.25, 0.3) is 22.2 Å². The van der Waals surface area contributed by atoms with Crippen LogP contribution in [0.1, 0.15) is 11.6 Å². The van der Waals surface area contributed by atoms with Gasteiger partial charge in [0.15, 0.2) is 0 Å². The molecule has 2 N–H and O–H groups in total. The zero-order valence-electron chi connectivity index (χ0n) is 12.0. The molecule has 1 aliphatic rings. The first-order chi connectivity index (χ1) is 10.8. The van der Waals surface area contributed by atoms with Gasteiger partial charge < -0.3 is 5.73 Å². The van der Waals surface area contributed by atoms with E-state index in [2.05, 4.69) is 47.5 Å². The smallest absolute Gasteiger partial charge is 0.114 e. The van der Waals surface area contributed by atoms with Crippen LogP contribution in [0, 0.1) is 0 Å². The average molecular weight is 285 g/mol. The Morgan fingerprint density at radius 1 is 0.909 bits per heavy atom. The molecule has 3 nitrogen and oxygen atoms in total. The van der Waals surface area contributed by atoms with Gasteiger partial charge >= 0.3 is 0 Å². The van der Waals surface area contributed by atoms with Gasteiger partial charge in [0.2, 0.25) is 0 Å². The first kappa shape index (κ1) is 12.8. The second kappa shape index (κ2) is 5.11. The summed E-state index contributed by atoms with van der Waals surface area (Å²) in [5.41, 5.74) is 10.9. The highest BCUT2D eigenvalue weighted by atomic mass is 14.9. The summed E-state index contributed by atoms with van der Waals surface area (Å²) >= 11 is 0. The number of benzene rings is 2. The molecule has 3 aromatic rings. The minimum Gasteiger partial charge on any atom is -0.400 e. The van der Waals surface area contributed by atoms with E-state index in [0.717, 1.165) is 33.4 Å². The lowest BCUT2D eigenvalue weighted by molar-refractivity contribution is 0.860. The number of aliphatic imine (C=N–C) groups is 1. The lowest BCUT2D eigenvalue weighted by Gasteiger charge is -2.11. The molecule has 0 saturated carbocycles. The number of hydrogen-bond donors (Lipinski definition) is 1. The van der Waals surface area contributed by atoms with Crippen molar-refractivity contribution in [1.29, 1.82) is 0 Å². The average Bonchev–Trinajstić information content (AvgIpc) is 3.01. The van der Waals surface area contributed by atoms with Crippen molar-refractivity contribution in [1.82, 2.24) is 4.98 Å². The van der Waals surface area contributed by atoms with E-state index in [4.69, 9.17) is 10.7 Å². The fourth-order valence-corrected chi connectivity index (χ4v) is 2.74. The van der Waals surface area contributed by atoms with E-state index in [0.29, 0.717) is 0 Å². The van der Waals surface area contributed by atoms with Crippen LogP contribution < -0.4 is 5.73 Å². The predicted octanol–water partition coefficient (Wildman–Crippen LogP) is 3.87. The van der Waals surface area contributed by atoms with Crippen LogP contribution in [0.5, 0.6) is 0 Å². The first-order valence-corrected chi connectivity index (χ1v) is 7.26. The molecule has 0 fully saturated rings. The highest BCUT2D eigenvalue weighted by molar-refractivity contribution is 5.83. The summed E-state index contributed by atoms with van der Waals surface area (Å²) in [5, 5.41) is 1.12. The summed E-state index contributed by atoms with van der Waals surface area (Å²) in [6.07, 6.45) is 3.61. The summed E-state index contributed by atoms with van der Waals surface area (Å²) in [4.78, 5) is 9.19. The van der Waals surface area contributed by atoms with Gasteiger partial charge in [-0.15, -0.1) is 0 Å². The maximum Gasteiger partial charge on any atom is 0.114 e. The van der Waals surface area contributed by atoms with E-state index in [9.17, 15) is 0 Å². The second-order valence-corrected chi connectivity index (χ2v) is 5.38. The second-order valence-electron chi connectivity index (χ2n) is 5.38. The Morgan fingerprint density at radius 3 is 2.50 bits per heavy atom. The lowest BCUT2D eigenvalue weighted by Crippen LogP contribution is -2.05. The predicted molar refractivity (Wildman–Crippen MR) is 90.7 cm³/mol. The van der Waals surface area contributed by atoms with E-state index < -0.39 is 0 Å². The maximum atomic E-state index is 5.99. The van der Waals surface area contributed by atoms with Crippen molar-refractivity contribution in [3.8, 4) is 11.3 Å². The lowest BCUT2D eigenvalue weighted by atomic mass is 10.0. The molecule has 2 heterocycles. The fraction of sp³-hybridized carbons (Fsp3) is 0.0526. The molecule has 4 rings (SSSR count). The van der Waals surface area contributed by atoms with Gasteiger partial charge in [0.1, 0.15) is 6.04 Å². The van der Waals surface area contributed by atoms with Gasteiger partial charge in [0, 0.05) is 22.9 Å². The van der Waals surface area contributed by atoms with Crippen molar-refractivity contribution in [2.45, 2.75) is 6.04 Å². The van der Waals surface area contributed by atoms with Crippen molar-refractivity contribution >= 4 is 17.1 Å². The van der Waals surface area contributed by atoms with Crippen LogP contribution >= 0.6 is 0 Å². The Labute approximate surface area is 128 Å². The highest BCUT2D eigenvalue weighted by Crippen LogP contribution is 2.29. The molecule has 2 aromatic carbocycles. The van der Waals surface area contributed by atoms with E-state index >= 15 is 0 Å². The van der Waals surface area contributed by atoms with Gasteiger partial charge in [0.05, 0.1) is 11.2 Å². The summed E-state index contributed by atoms with van der Waals surface area (Å²) in [6, 6.07) is 20.5. The van der Waals surface area contributed by atoms with E-state index in [1.807, 2.05) is 24.3 Å². The molecule has 0 saturated heterocycles. The SMILES string of the molecule is NC1=CC=NC1c1ccc2ccc(-c3ccccc3)nc2c1. The molecule has 3 heteroatoms. The largest absolute Gasteiger partial charge is 0.400 e. The Morgan fingerprint density at radius 2 is 1.73 bits per heavy atom. The Balaban J connectivity index is 1.81. The number of aromatic nitrogens is 1. The maximum absolute atomic E-state index is 5.99. The molecular formula is C19H15N3. The Kier molecular flexibility index (Phi) is 2.97. The number of rotatable bonds is 2. The molecule has 0 radical (unpaired) electrons. The zero-order valence-corrected chi connectivity index (χ0v) is 12.0. The van der Waals surface area contributed by atoms with Crippen LogP contribution in [0.4, 0.5) is 0 Å². The van der Waals surface area contributed by atoms with Crippen molar-refractivity contribution < 1.29 is 0 Å². The van der Waals surface area contributed by atoms with Crippen LogP contribution in [0.3, 0.4) is 0 Å². The molecule has 0 bridgehead atoms. The quantitative estimate of drug-likeness (QED) is 0.777. The van der Waals surface area contributed by atoms with E-state index in [-0.39, 0.29) is 6.04 Å². The van der Waals surface area contributed by atoms with E-state index in [1.165, 1.54) is 0 Å². The summed E-state index contributed by atoms with van der Waals surface area (Å²) in [6.45, 7) is 0. The number of fused-ring (bicyclic) bond motifs is 1. The fourth-order valence-electron chi connectivity index (χ4n) is 2.74. The Bertz CT molecular complexity index is 895. The van der Waals surface area contributed by atoms with Gasteiger partial charge in [-0.05, 0) is 23.8 Å². The topological polar surface area (TPSA) is 51.3 Å². The zero-order chi connectivity index (χ0) is 14.9. The Hall–Kier alpha value is -2.94. The number of nitrogens with zero attached hydrogens (tertiary/aromatic N) is 2. The monoisotopic (exact) mass is 285 g/mol. The minimum absolute atomic E-state index is 0.0772. The molecule has 106 valence electrons. The van der Waals surface area contributed by atoms with Crippen LogP contribution in [0.15, 0.2) is 77.4 Å². The van der Waals surface area contributed by atoms with Crippen molar-refractivity contribution in [2.75, 3.05) is 0 Å². The number of allylic oxidation sites excluding steroid dienone is 1. The summed E-state index contributed by atoms with van der Waals surface area (Å²) < 4.78 is 0. The summed E-state index contributed by atoms with van der Waals surface area (Å²) in [5.74, 6) is 0. The van der Waals surface area contributed by atoms with Crippen LogP contribution in [0.2, 0.25) is 0 Å². The molecule has 0 amide bonds. The van der Waals surface area contributed by atoms with Crippen LogP contribution in [-0.2, 0) is 0 Å². The van der Waals surface area contributed by atoms with Gasteiger partial charge in [-0.2, -0.15) is 0 Å². The summed E-state index contributed by atoms with van der Waals surface area (Å²) in [7, 11) is 0. The van der Waals surface area contributed by atoms with Gasteiger partial charge in [0.25, 0.3) is 0 Å². The molecule has 0 aliphatic carbocycles. The standard InChI is InChI=1S/C19H15N3/c20-16-10-11-21-19(16)15-7-6-14-8-9-17(22-18(14)12-15)13-4-2-1-3-5-13/h1-12,19H,20H2. The molecule has 1 aliphatic heterocycles. The van der Waals surface area contributed by atoms with Crippen molar-refractivity contribution in [3.63, 3.8) is 0 Å². The molecule has 22 heavy (non-hydrogen) atoms. The molecule has 1 atom stereocenters.